The van der Waals surface area contributed by atoms with Gasteiger partial charge in [-0.3, -0.25) is 0 Å². The van der Waals surface area contributed by atoms with Gasteiger partial charge in [0.2, 0.25) is 0 Å². The minimum Gasteiger partial charge on any atom is -0.492 e. The van der Waals surface area contributed by atoms with Gasteiger partial charge in [0, 0.05) is 6.07 Å². The quantitative estimate of drug-likeness (QED) is 0.361. The molecule has 0 spiro atoms. The largest absolute Gasteiger partial charge is 0.492 e. The fraction of sp³-hybridized carbons (Fsp3) is 0.667. The van der Waals surface area contributed by atoms with Crippen LogP contribution in [0, 0.1) is 34.5 Å². The normalized spacial score (nSPS) is 12.6. The first-order valence-corrected chi connectivity index (χ1v) is 10.9. The van der Waals surface area contributed by atoms with Crippen molar-refractivity contribution in [1.82, 2.24) is 0 Å². The van der Waals surface area contributed by atoms with Gasteiger partial charge in [0.05, 0.1) is 24.3 Å². The Labute approximate surface area is 171 Å². The standard InChI is InChI=1S/C24H36N2O2/c1-5-9-11-19(7-3)17-27-23-14-24(22(16-26)13-21(23)15-25)28-18-20(8-4)12-10-6-2/h13-14,19-20H,5-12,17-18H2,1-4H3/t19-,20-/m1/s1. The Bertz CT molecular complexity index is 605. The maximum absolute atomic E-state index is 9.47. The van der Waals surface area contributed by atoms with Crippen LogP contribution in [0.2, 0.25) is 0 Å². The van der Waals surface area contributed by atoms with Gasteiger partial charge in [-0.15, -0.1) is 0 Å². The molecule has 0 bridgehead atoms. The summed E-state index contributed by atoms with van der Waals surface area (Å²) in [6.07, 6.45) is 9.08. The molecule has 0 heterocycles. The molecule has 1 aromatic carbocycles. The first-order chi connectivity index (χ1) is 13.6. The fourth-order valence-electron chi connectivity index (χ4n) is 3.19. The van der Waals surface area contributed by atoms with E-state index >= 15 is 0 Å². The second-order valence-corrected chi connectivity index (χ2v) is 7.52. The van der Waals surface area contributed by atoms with Gasteiger partial charge >= 0.3 is 0 Å². The van der Waals surface area contributed by atoms with Crippen molar-refractivity contribution in [3.63, 3.8) is 0 Å². The molecule has 0 aliphatic heterocycles. The lowest BCUT2D eigenvalue weighted by atomic mass is 10.0. The van der Waals surface area contributed by atoms with Crippen molar-refractivity contribution in [1.29, 1.82) is 10.5 Å². The van der Waals surface area contributed by atoms with Gasteiger partial charge in [-0.1, -0.05) is 66.2 Å². The van der Waals surface area contributed by atoms with Gasteiger partial charge in [-0.25, -0.2) is 0 Å². The molecule has 0 aromatic heterocycles. The highest BCUT2D eigenvalue weighted by molar-refractivity contribution is 5.56. The second kappa shape index (κ2) is 13.9. The van der Waals surface area contributed by atoms with E-state index in [0.717, 1.165) is 25.7 Å². The molecule has 28 heavy (non-hydrogen) atoms. The Morgan fingerprint density at radius 2 is 1.18 bits per heavy atom. The van der Waals surface area contributed by atoms with Crippen LogP contribution in [0.1, 0.15) is 90.2 Å². The highest BCUT2D eigenvalue weighted by Crippen LogP contribution is 2.30. The average Bonchev–Trinajstić information content (AvgIpc) is 2.73. The minimum absolute atomic E-state index is 0.396. The predicted octanol–water partition coefficient (Wildman–Crippen LogP) is 6.62. The van der Waals surface area contributed by atoms with Crippen LogP contribution in [0.15, 0.2) is 12.1 Å². The first-order valence-electron chi connectivity index (χ1n) is 10.9. The summed E-state index contributed by atoms with van der Waals surface area (Å²) in [5.74, 6) is 2.00. The summed E-state index contributed by atoms with van der Waals surface area (Å²) in [6.45, 7) is 9.90. The molecule has 0 N–H and O–H groups in total. The van der Waals surface area contributed by atoms with Crippen molar-refractivity contribution in [2.24, 2.45) is 11.8 Å². The van der Waals surface area contributed by atoms with Crippen molar-refractivity contribution in [2.75, 3.05) is 13.2 Å². The lowest BCUT2D eigenvalue weighted by Crippen LogP contribution is -2.13. The Balaban J connectivity index is 2.91. The van der Waals surface area contributed by atoms with Crippen LogP contribution >= 0.6 is 0 Å². The SMILES string of the molecule is CCCC[C@@H](CC)COc1cc(OC[C@H](CC)CCCC)c(C#N)cc1C#N. The van der Waals surface area contributed by atoms with Gasteiger partial charge < -0.3 is 9.47 Å². The van der Waals surface area contributed by atoms with Gasteiger partial charge in [0.25, 0.3) is 0 Å². The van der Waals surface area contributed by atoms with Crippen LogP contribution in [0.5, 0.6) is 11.5 Å². The Morgan fingerprint density at radius 1 is 0.750 bits per heavy atom. The number of nitrogens with zero attached hydrogens (tertiary/aromatic N) is 2. The van der Waals surface area contributed by atoms with Crippen LogP contribution in [0.4, 0.5) is 0 Å². The molecular formula is C24H36N2O2. The molecule has 0 amide bonds. The van der Waals surface area contributed by atoms with Crippen LogP contribution in [0.3, 0.4) is 0 Å². The maximum Gasteiger partial charge on any atom is 0.140 e. The third-order valence-corrected chi connectivity index (χ3v) is 5.36. The van der Waals surface area contributed by atoms with Crippen molar-refractivity contribution >= 4 is 0 Å². The van der Waals surface area contributed by atoms with E-state index in [1.54, 1.807) is 12.1 Å². The summed E-state index contributed by atoms with van der Waals surface area (Å²) < 4.78 is 12.0. The summed E-state index contributed by atoms with van der Waals surface area (Å²) in [5.41, 5.74) is 0.791. The van der Waals surface area contributed by atoms with Gasteiger partial charge in [0.15, 0.2) is 0 Å². The van der Waals surface area contributed by atoms with E-state index in [1.165, 1.54) is 25.7 Å². The zero-order chi connectivity index (χ0) is 20.8. The number of unbranched alkanes of at least 4 members (excludes halogenated alkanes) is 2. The van der Waals surface area contributed by atoms with E-state index in [2.05, 4.69) is 39.8 Å². The van der Waals surface area contributed by atoms with E-state index in [0.29, 0.717) is 47.7 Å². The Kier molecular flexibility index (Phi) is 11.8. The topological polar surface area (TPSA) is 66.0 Å². The van der Waals surface area contributed by atoms with Crippen LogP contribution < -0.4 is 9.47 Å². The molecule has 0 radical (unpaired) electrons. The second-order valence-electron chi connectivity index (χ2n) is 7.52. The highest BCUT2D eigenvalue weighted by atomic mass is 16.5. The third kappa shape index (κ3) is 7.81. The van der Waals surface area contributed by atoms with E-state index in [4.69, 9.17) is 9.47 Å². The van der Waals surface area contributed by atoms with Gasteiger partial charge in [-0.05, 0) is 30.7 Å². The molecule has 0 saturated heterocycles. The number of benzene rings is 1. The maximum atomic E-state index is 9.47. The molecule has 0 aliphatic carbocycles. The minimum atomic E-state index is 0.396. The molecule has 1 aromatic rings. The zero-order valence-electron chi connectivity index (χ0n) is 18.1. The monoisotopic (exact) mass is 384 g/mol. The lowest BCUT2D eigenvalue weighted by molar-refractivity contribution is 0.222. The van der Waals surface area contributed by atoms with Crippen molar-refractivity contribution in [3.8, 4) is 23.6 Å². The molecule has 2 atom stereocenters. The molecule has 4 nitrogen and oxygen atoms in total. The number of ether oxygens (including phenoxy) is 2. The summed E-state index contributed by atoms with van der Waals surface area (Å²) in [6, 6.07) is 7.63. The lowest BCUT2D eigenvalue weighted by Gasteiger charge is -2.19. The van der Waals surface area contributed by atoms with Crippen molar-refractivity contribution in [3.05, 3.63) is 23.3 Å². The van der Waals surface area contributed by atoms with Crippen LogP contribution in [0.25, 0.3) is 0 Å². The van der Waals surface area contributed by atoms with E-state index < -0.39 is 0 Å². The zero-order valence-corrected chi connectivity index (χ0v) is 18.1. The first kappa shape index (κ1) is 23.8. The molecule has 1 rings (SSSR count). The van der Waals surface area contributed by atoms with Crippen molar-refractivity contribution < 1.29 is 9.47 Å². The predicted molar refractivity (Wildman–Crippen MR) is 113 cm³/mol. The molecule has 154 valence electrons. The molecule has 0 saturated carbocycles. The molecule has 4 heteroatoms. The number of hydrogen-bond donors (Lipinski definition) is 0. The van der Waals surface area contributed by atoms with Crippen molar-refractivity contribution in [2.45, 2.75) is 79.1 Å². The third-order valence-electron chi connectivity index (χ3n) is 5.36. The summed E-state index contributed by atoms with van der Waals surface area (Å²) >= 11 is 0. The van der Waals surface area contributed by atoms with Crippen LogP contribution in [-0.2, 0) is 0 Å². The number of hydrogen-bond acceptors (Lipinski definition) is 4. The molecule has 0 unspecified atom stereocenters. The van der Waals surface area contributed by atoms with Crippen LogP contribution in [-0.4, -0.2) is 13.2 Å². The van der Waals surface area contributed by atoms with Gasteiger partial charge in [0.1, 0.15) is 23.6 Å². The Hall–Kier alpha value is -2.20. The summed E-state index contributed by atoms with van der Waals surface area (Å²) in [5, 5.41) is 18.9. The summed E-state index contributed by atoms with van der Waals surface area (Å²) in [4.78, 5) is 0. The van der Waals surface area contributed by atoms with Gasteiger partial charge in [-0.2, -0.15) is 10.5 Å². The van der Waals surface area contributed by atoms with E-state index in [-0.39, 0.29) is 0 Å². The smallest absolute Gasteiger partial charge is 0.140 e. The highest BCUT2D eigenvalue weighted by Gasteiger charge is 2.16. The molecule has 0 aliphatic rings. The average molecular weight is 385 g/mol. The van der Waals surface area contributed by atoms with E-state index in [1.807, 2.05) is 0 Å². The molecular weight excluding hydrogens is 348 g/mol. The number of nitriles is 2. The Morgan fingerprint density at radius 3 is 1.50 bits per heavy atom. The molecule has 0 fully saturated rings. The summed E-state index contributed by atoms with van der Waals surface area (Å²) in [7, 11) is 0. The fourth-order valence-corrected chi connectivity index (χ4v) is 3.19. The number of rotatable bonds is 14. The van der Waals surface area contributed by atoms with E-state index in [9.17, 15) is 10.5 Å².